The van der Waals surface area contributed by atoms with Crippen molar-refractivity contribution in [2.45, 2.75) is 4.90 Å². The Balaban J connectivity index is 1.46. The van der Waals surface area contributed by atoms with Gasteiger partial charge in [-0.15, -0.1) is 0 Å². The fourth-order valence-corrected chi connectivity index (χ4v) is 5.32. The molecule has 2 saturated heterocycles. The molecule has 0 N–H and O–H groups in total. The van der Waals surface area contributed by atoms with Gasteiger partial charge in [-0.25, -0.2) is 12.8 Å². The highest BCUT2D eigenvalue weighted by atomic mass is 32.2. The van der Waals surface area contributed by atoms with E-state index in [0.29, 0.717) is 63.9 Å². The average Bonchev–Trinajstić information content (AvgIpc) is 3.17. The topological polar surface area (TPSA) is 75.1 Å². The second kappa shape index (κ2) is 8.37. The predicted molar refractivity (Wildman–Crippen MR) is 110 cm³/mol. The summed E-state index contributed by atoms with van der Waals surface area (Å²) in [5.74, 6) is -0.508. The van der Waals surface area contributed by atoms with Crippen LogP contribution in [0.5, 0.6) is 0 Å². The molecule has 2 fully saturated rings. The van der Waals surface area contributed by atoms with Gasteiger partial charge in [-0.3, -0.25) is 4.79 Å². The molecule has 162 valence electrons. The molecule has 2 aromatic rings. The molecular formula is C20H25FN4O4S. The Labute approximate surface area is 175 Å². The first kappa shape index (κ1) is 20.8. The van der Waals surface area contributed by atoms with Gasteiger partial charge < -0.3 is 19.1 Å². The highest BCUT2D eigenvalue weighted by Gasteiger charge is 2.30. The van der Waals surface area contributed by atoms with E-state index in [4.69, 9.17) is 4.74 Å². The molecule has 0 radical (unpaired) electrons. The molecule has 3 heterocycles. The Morgan fingerprint density at radius 1 is 1.03 bits per heavy atom. The fourth-order valence-electron chi connectivity index (χ4n) is 3.84. The molecule has 1 aromatic carbocycles. The van der Waals surface area contributed by atoms with Gasteiger partial charge in [0, 0.05) is 52.5 Å². The highest BCUT2D eigenvalue weighted by molar-refractivity contribution is 7.89. The van der Waals surface area contributed by atoms with E-state index in [1.807, 2.05) is 4.90 Å². The number of aryl methyl sites for hydroxylation is 1. The maximum atomic E-state index is 14.0. The zero-order valence-corrected chi connectivity index (χ0v) is 17.6. The van der Waals surface area contributed by atoms with Crippen molar-refractivity contribution in [2.24, 2.45) is 7.05 Å². The monoisotopic (exact) mass is 436 g/mol. The number of piperazine rings is 1. The van der Waals surface area contributed by atoms with Crippen molar-refractivity contribution in [3.8, 4) is 0 Å². The number of aromatic nitrogens is 1. The first-order valence-electron chi connectivity index (χ1n) is 9.91. The van der Waals surface area contributed by atoms with Crippen molar-refractivity contribution >= 4 is 21.6 Å². The molecule has 0 aliphatic carbocycles. The van der Waals surface area contributed by atoms with Crippen LogP contribution in [0.15, 0.2) is 41.4 Å². The number of morpholine rings is 1. The number of ether oxygens (including phenoxy) is 1. The summed E-state index contributed by atoms with van der Waals surface area (Å²) in [6, 6.07) is 8.03. The van der Waals surface area contributed by atoms with Crippen LogP contribution in [0.2, 0.25) is 0 Å². The minimum absolute atomic E-state index is 0.111. The summed E-state index contributed by atoms with van der Waals surface area (Å²) in [6.07, 6.45) is 1.48. The Morgan fingerprint density at radius 3 is 2.37 bits per heavy atom. The summed E-state index contributed by atoms with van der Waals surface area (Å²) in [5, 5.41) is 0. The molecular weight excluding hydrogens is 411 g/mol. The fraction of sp³-hybridized carbons (Fsp3) is 0.450. The van der Waals surface area contributed by atoms with E-state index in [9.17, 15) is 17.6 Å². The lowest BCUT2D eigenvalue weighted by atomic mass is 10.2. The van der Waals surface area contributed by atoms with Gasteiger partial charge in [-0.05, 0) is 18.2 Å². The zero-order valence-electron chi connectivity index (χ0n) is 16.8. The minimum atomic E-state index is -3.67. The summed E-state index contributed by atoms with van der Waals surface area (Å²) in [4.78, 5) is 16.7. The van der Waals surface area contributed by atoms with Crippen molar-refractivity contribution in [3.63, 3.8) is 0 Å². The van der Waals surface area contributed by atoms with Gasteiger partial charge in [-0.1, -0.05) is 12.1 Å². The van der Waals surface area contributed by atoms with Crippen molar-refractivity contribution < 1.29 is 22.3 Å². The van der Waals surface area contributed by atoms with Crippen molar-refractivity contribution in [2.75, 3.05) is 57.4 Å². The van der Waals surface area contributed by atoms with Crippen LogP contribution in [-0.4, -0.2) is 80.6 Å². The van der Waals surface area contributed by atoms with Crippen LogP contribution in [0.3, 0.4) is 0 Å². The molecule has 2 aliphatic heterocycles. The quantitative estimate of drug-likeness (QED) is 0.719. The van der Waals surface area contributed by atoms with Gasteiger partial charge in [0.1, 0.15) is 16.4 Å². The summed E-state index contributed by atoms with van der Waals surface area (Å²) >= 11 is 0. The Morgan fingerprint density at radius 2 is 1.70 bits per heavy atom. The Bertz CT molecular complexity index is 1030. The molecule has 0 unspecified atom stereocenters. The maximum absolute atomic E-state index is 14.0. The normalized spacial score (nSPS) is 18.6. The third-order valence-corrected chi connectivity index (χ3v) is 7.43. The van der Waals surface area contributed by atoms with Gasteiger partial charge >= 0.3 is 0 Å². The molecule has 8 nitrogen and oxygen atoms in total. The smallest absolute Gasteiger partial charge is 0.270 e. The highest BCUT2D eigenvalue weighted by Crippen LogP contribution is 2.23. The third kappa shape index (κ3) is 3.94. The molecule has 0 spiro atoms. The molecule has 0 saturated carbocycles. The standard InChI is InChI=1S/C20H25FN4O4S/c1-22-15-16(30(27,28)25-10-12-29-13-11-25)14-19(22)20(26)24-8-6-23(7-9-24)18-5-3-2-4-17(18)21/h2-5,14-15H,6-13H2,1H3. The average molecular weight is 437 g/mol. The third-order valence-electron chi connectivity index (χ3n) is 5.57. The summed E-state index contributed by atoms with van der Waals surface area (Å²) in [5.41, 5.74) is 0.850. The van der Waals surface area contributed by atoms with Crippen molar-refractivity contribution in [1.29, 1.82) is 0 Å². The van der Waals surface area contributed by atoms with E-state index in [1.165, 1.54) is 22.6 Å². The maximum Gasteiger partial charge on any atom is 0.270 e. The number of hydrogen-bond donors (Lipinski definition) is 0. The largest absolute Gasteiger partial charge is 0.379 e. The van der Waals surface area contributed by atoms with Gasteiger partial charge in [0.2, 0.25) is 10.0 Å². The van der Waals surface area contributed by atoms with Crippen LogP contribution in [0.25, 0.3) is 0 Å². The van der Waals surface area contributed by atoms with E-state index in [0.717, 1.165) is 0 Å². The van der Waals surface area contributed by atoms with Crippen LogP contribution in [-0.2, 0) is 21.8 Å². The number of sulfonamides is 1. The van der Waals surface area contributed by atoms with Crippen LogP contribution in [0.4, 0.5) is 10.1 Å². The molecule has 1 aromatic heterocycles. The van der Waals surface area contributed by atoms with Gasteiger partial charge in [-0.2, -0.15) is 4.31 Å². The lowest BCUT2D eigenvalue weighted by Gasteiger charge is -2.36. The number of amides is 1. The Kier molecular flexibility index (Phi) is 5.81. The molecule has 1 amide bonds. The number of carbonyl (C=O) groups is 1. The number of halogens is 1. The summed E-state index contributed by atoms with van der Waals surface area (Å²) in [7, 11) is -2.00. The van der Waals surface area contributed by atoms with Gasteiger partial charge in [0.25, 0.3) is 5.91 Å². The molecule has 0 bridgehead atoms. The number of hydrogen-bond acceptors (Lipinski definition) is 5. The van der Waals surface area contributed by atoms with Crippen molar-refractivity contribution in [1.82, 2.24) is 13.8 Å². The van der Waals surface area contributed by atoms with E-state index in [1.54, 1.807) is 34.7 Å². The number of para-hydroxylation sites is 1. The molecule has 30 heavy (non-hydrogen) atoms. The Hall–Kier alpha value is -2.43. The first-order valence-corrected chi connectivity index (χ1v) is 11.3. The molecule has 2 aliphatic rings. The lowest BCUT2D eigenvalue weighted by molar-refractivity contribution is 0.0729. The SMILES string of the molecule is Cn1cc(S(=O)(=O)N2CCOCC2)cc1C(=O)N1CCN(c2ccccc2F)CC1. The van der Waals surface area contributed by atoms with E-state index in [2.05, 4.69) is 0 Å². The second-order valence-corrected chi connectivity index (χ2v) is 9.36. The molecule has 4 rings (SSSR count). The van der Waals surface area contributed by atoms with E-state index >= 15 is 0 Å². The number of rotatable bonds is 4. The number of carbonyl (C=O) groups excluding carboxylic acids is 1. The predicted octanol–water partition coefficient (Wildman–Crippen LogP) is 1.15. The summed E-state index contributed by atoms with van der Waals surface area (Å²) in [6.45, 7) is 3.23. The van der Waals surface area contributed by atoms with E-state index in [-0.39, 0.29) is 16.6 Å². The second-order valence-electron chi connectivity index (χ2n) is 7.42. The number of anilines is 1. The molecule has 10 heteroatoms. The number of benzene rings is 1. The van der Waals surface area contributed by atoms with Gasteiger partial charge in [0.05, 0.1) is 18.9 Å². The van der Waals surface area contributed by atoms with E-state index < -0.39 is 10.0 Å². The van der Waals surface area contributed by atoms with Crippen molar-refractivity contribution in [3.05, 3.63) is 48.0 Å². The minimum Gasteiger partial charge on any atom is -0.379 e. The molecule has 0 atom stereocenters. The van der Waals surface area contributed by atoms with Crippen LogP contribution in [0, 0.1) is 5.82 Å². The van der Waals surface area contributed by atoms with Crippen LogP contribution < -0.4 is 4.90 Å². The first-order chi connectivity index (χ1) is 14.4. The lowest BCUT2D eigenvalue weighted by Crippen LogP contribution is -2.49. The van der Waals surface area contributed by atoms with Gasteiger partial charge in [0.15, 0.2) is 0 Å². The zero-order chi connectivity index (χ0) is 21.3. The van der Waals surface area contributed by atoms with Crippen LogP contribution >= 0.6 is 0 Å². The summed E-state index contributed by atoms with van der Waals surface area (Å²) < 4.78 is 47.9. The number of nitrogens with zero attached hydrogens (tertiary/aromatic N) is 4. The van der Waals surface area contributed by atoms with Crippen LogP contribution in [0.1, 0.15) is 10.5 Å².